The fourth-order valence-electron chi connectivity index (χ4n) is 1.00. The van der Waals surface area contributed by atoms with Gasteiger partial charge in [-0.3, -0.25) is 0 Å². The minimum Gasteiger partial charge on any atom is -0.463 e. The van der Waals surface area contributed by atoms with Crippen molar-refractivity contribution in [2.45, 2.75) is 0 Å². The van der Waals surface area contributed by atoms with E-state index in [0.717, 1.165) is 5.39 Å². The molecule has 0 atom stereocenters. The molecule has 72 valence electrons. The maximum Gasteiger partial charge on any atom is 0.376 e. The molecule has 0 aliphatic rings. The van der Waals surface area contributed by atoms with Gasteiger partial charge in [-0.2, -0.15) is 0 Å². The second kappa shape index (κ2) is 3.51. The topological polar surface area (TPSA) is 52.1 Å². The van der Waals surface area contributed by atoms with Crippen LogP contribution in [-0.4, -0.2) is 23.0 Å². The Labute approximate surface area is 88.5 Å². The molecule has 0 radical (unpaired) electrons. The van der Waals surface area contributed by atoms with Gasteiger partial charge < -0.3 is 4.74 Å². The lowest BCUT2D eigenvalue weighted by Gasteiger charge is -1.98. The Bertz CT molecular complexity index is 497. The summed E-state index contributed by atoms with van der Waals surface area (Å²) in [5.41, 5.74) is 0. The quantitative estimate of drug-likeness (QED) is 0.554. The smallest absolute Gasteiger partial charge is 0.376 e. The summed E-state index contributed by atoms with van der Waals surface area (Å²) in [5, 5.41) is 2.87. The van der Waals surface area contributed by atoms with Crippen molar-refractivity contribution in [3.05, 3.63) is 22.4 Å². The van der Waals surface area contributed by atoms with Crippen molar-refractivity contribution in [2.75, 3.05) is 7.11 Å². The molecule has 0 saturated carbocycles. The average molecular weight is 229 g/mol. The minimum atomic E-state index is -0.581. The number of fused-ring (bicyclic) bond motifs is 1. The van der Waals surface area contributed by atoms with Crippen LogP contribution >= 0.6 is 22.9 Å². The van der Waals surface area contributed by atoms with Crippen molar-refractivity contribution in [3.8, 4) is 0 Å². The van der Waals surface area contributed by atoms with Gasteiger partial charge in [0.25, 0.3) is 0 Å². The lowest BCUT2D eigenvalue weighted by Crippen LogP contribution is -2.07. The standard InChI is InChI=1S/C8H5ClN2O2S/c1-13-8(12)6-10-5(9)4-2-3-14-7(4)11-6/h2-3H,1H3. The monoisotopic (exact) mass is 228 g/mol. The molecule has 0 aliphatic carbocycles. The van der Waals surface area contributed by atoms with E-state index < -0.39 is 5.97 Å². The maximum atomic E-state index is 11.1. The van der Waals surface area contributed by atoms with Gasteiger partial charge in [-0.15, -0.1) is 11.3 Å². The van der Waals surface area contributed by atoms with Crippen molar-refractivity contribution in [2.24, 2.45) is 0 Å². The number of hydrogen-bond acceptors (Lipinski definition) is 5. The number of carbonyl (C=O) groups excluding carboxylic acids is 1. The number of carbonyl (C=O) groups is 1. The van der Waals surface area contributed by atoms with Crippen LogP contribution in [-0.2, 0) is 4.74 Å². The summed E-state index contributed by atoms with van der Waals surface area (Å²) in [6.07, 6.45) is 0. The Kier molecular flexibility index (Phi) is 2.35. The number of halogens is 1. The first-order valence-electron chi connectivity index (χ1n) is 3.71. The highest BCUT2D eigenvalue weighted by molar-refractivity contribution is 7.16. The first-order chi connectivity index (χ1) is 6.72. The van der Waals surface area contributed by atoms with E-state index in [4.69, 9.17) is 11.6 Å². The Morgan fingerprint density at radius 2 is 2.36 bits per heavy atom. The Morgan fingerprint density at radius 3 is 3.07 bits per heavy atom. The fraction of sp³-hybridized carbons (Fsp3) is 0.125. The molecule has 0 spiro atoms. The minimum absolute atomic E-state index is 0.00699. The van der Waals surface area contributed by atoms with Crippen molar-refractivity contribution in [3.63, 3.8) is 0 Å². The molecule has 0 amide bonds. The summed E-state index contributed by atoms with van der Waals surface area (Å²) in [7, 11) is 1.28. The van der Waals surface area contributed by atoms with Crippen LogP contribution in [0.3, 0.4) is 0 Å². The number of nitrogens with zero attached hydrogens (tertiary/aromatic N) is 2. The molecule has 2 aromatic heterocycles. The van der Waals surface area contributed by atoms with E-state index in [1.807, 2.05) is 11.4 Å². The van der Waals surface area contributed by atoms with Crippen LogP contribution in [0.4, 0.5) is 0 Å². The van der Waals surface area contributed by atoms with E-state index in [1.54, 1.807) is 0 Å². The number of methoxy groups -OCH3 is 1. The number of esters is 1. The Morgan fingerprint density at radius 1 is 1.57 bits per heavy atom. The van der Waals surface area contributed by atoms with Crippen molar-refractivity contribution in [1.29, 1.82) is 0 Å². The largest absolute Gasteiger partial charge is 0.463 e. The van der Waals surface area contributed by atoms with Gasteiger partial charge in [0.05, 0.1) is 7.11 Å². The second-order valence-corrected chi connectivity index (χ2v) is 3.72. The molecule has 6 heteroatoms. The van der Waals surface area contributed by atoms with E-state index >= 15 is 0 Å². The van der Waals surface area contributed by atoms with Crippen LogP contribution in [0.25, 0.3) is 10.2 Å². The van der Waals surface area contributed by atoms with Gasteiger partial charge in [0.2, 0.25) is 5.82 Å². The molecule has 0 aromatic carbocycles. The van der Waals surface area contributed by atoms with Gasteiger partial charge in [0, 0.05) is 5.39 Å². The SMILES string of the molecule is COC(=O)c1nc(Cl)c2ccsc2n1. The van der Waals surface area contributed by atoms with Crippen molar-refractivity contribution < 1.29 is 9.53 Å². The molecule has 2 aromatic rings. The van der Waals surface area contributed by atoms with Crippen LogP contribution in [0.2, 0.25) is 5.15 Å². The maximum absolute atomic E-state index is 11.1. The molecule has 0 saturated heterocycles. The third kappa shape index (κ3) is 1.44. The number of hydrogen-bond donors (Lipinski definition) is 0. The summed E-state index contributed by atoms with van der Waals surface area (Å²) in [6.45, 7) is 0. The second-order valence-electron chi connectivity index (χ2n) is 2.47. The van der Waals surface area contributed by atoms with Crippen LogP contribution < -0.4 is 0 Å². The summed E-state index contributed by atoms with van der Waals surface area (Å²) in [6, 6.07) is 1.81. The zero-order chi connectivity index (χ0) is 10.1. The van der Waals surface area contributed by atoms with Gasteiger partial charge in [0.1, 0.15) is 9.98 Å². The third-order valence-electron chi connectivity index (χ3n) is 1.65. The van der Waals surface area contributed by atoms with Gasteiger partial charge in [-0.25, -0.2) is 14.8 Å². The van der Waals surface area contributed by atoms with E-state index in [2.05, 4.69) is 14.7 Å². The summed E-state index contributed by atoms with van der Waals surface area (Å²) < 4.78 is 4.50. The predicted octanol–water partition coefficient (Wildman–Crippen LogP) is 2.13. The predicted molar refractivity (Wildman–Crippen MR) is 53.8 cm³/mol. The highest BCUT2D eigenvalue weighted by Crippen LogP contribution is 2.24. The molecule has 14 heavy (non-hydrogen) atoms. The molecule has 4 nitrogen and oxygen atoms in total. The third-order valence-corrected chi connectivity index (χ3v) is 2.74. The first-order valence-corrected chi connectivity index (χ1v) is 4.97. The molecule has 0 unspecified atom stereocenters. The Hall–Kier alpha value is -1.20. The molecule has 2 heterocycles. The molecule has 0 fully saturated rings. The first kappa shape index (κ1) is 9.36. The Balaban J connectivity index is 2.64. The molecule has 0 bridgehead atoms. The van der Waals surface area contributed by atoms with Crippen LogP contribution in [0.1, 0.15) is 10.6 Å². The van der Waals surface area contributed by atoms with Gasteiger partial charge in [-0.05, 0) is 11.4 Å². The highest BCUT2D eigenvalue weighted by Gasteiger charge is 2.13. The van der Waals surface area contributed by atoms with Crippen LogP contribution in [0.5, 0.6) is 0 Å². The van der Waals surface area contributed by atoms with Crippen molar-refractivity contribution >= 4 is 39.1 Å². The highest BCUT2D eigenvalue weighted by atomic mass is 35.5. The van der Waals surface area contributed by atoms with E-state index in [-0.39, 0.29) is 11.0 Å². The molecular formula is C8H5ClN2O2S. The molecule has 0 aliphatic heterocycles. The molecular weight excluding hydrogens is 224 g/mol. The zero-order valence-corrected chi connectivity index (χ0v) is 8.72. The van der Waals surface area contributed by atoms with Crippen molar-refractivity contribution in [1.82, 2.24) is 9.97 Å². The van der Waals surface area contributed by atoms with E-state index in [0.29, 0.717) is 4.83 Å². The van der Waals surface area contributed by atoms with Crippen LogP contribution in [0.15, 0.2) is 11.4 Å². The fourth-order valence-corrected chi connectivity index (χ4v) is 2.05. The number of ether oxygens (including phenoxy) is 1. The molecule has 0 N–H and O–H groups in total. The zero-order valence-electron chi connectivity index (χ0n) is 7.15. The van der Waals surface area contributed by atoms with Gasteiger partial charge in [0.15, 0.2) is 0 Å². The number of thiophene rings is 1. The van der Waals surface area contributed by atoms with Gasteiger partial charge in [-0.1, -0.05) is 11.6 Å². The summed E-state index contributed by atoms with van der Waals surface area (Å²) >= 11 is 7.25. The van der Waals surface area contributed by atoms with E-state index in [9.17, 15) is 4.79 Å². The molecule has 2 rings (SSSR count). The number of rotatable bonds is 1. The summed E-state index contributed by atoms with van der Waals surface area (Å²) in [5.74, 6) is -0.588. The summed E-state index contributed by atoms with van der Waals surface area (Å²) in [4.78, 5) is 19.7. The normalized spacial score (nSPS) is 10.4. The van der Waals surface area contributed by atoms with Crippen LogP contribution in [0, 0.1) is 0 Å². The number of aromatic nitrogens is 2. The lowest BCUT2D eigenvalue weighted by atomic mass is 10.4. The van der Waals surface area contributed by atoms with E-state index in [1.165, 1.54) is 18.4 Å². The average Bonchev–Trinajstić information content (AvgIpc) is 2.64. The lowest BCUT2D eigenvalue weighted by molar-refractivity contribution is 0.0587. The van der Waals surface area contributed by atoms with Gasteiger partial charge >= 0.3 is 5.97 Å².